The van der Waals surface area contributed by atoms with E-state index in [1.165, 1.54) is 54.6 Å². The second-order valence-electron chi connectivity index (χ2n) is 6.18. The fraction of sp³-hybridized carbons (Fsp3) is 0.600. The highest BCUT2D eigenvalue weighted by Gasteiger charge is 2.16. The summed E-state index contributed by atoms with van der Waals surface area (Å²) in [7, 11) is 0. The molecule has 0 heterocycles. The summed E-state index contributed by atoms with van der Waals surface area (Å²) in [4.78, 5) is 2.42. The maximum Gasteiger partial charge on any atom is 0.126 e. The van der Waals surface area contributed by atoms with Gasteiger partial charge in [0.1, 0.15) is 12.4 Å². The number of likely N-dealkylation sites (N-methyl/N-ethyl adjacent to an activating group) is 1. The van der Waals surface area contributed by atoms with Gasteiger partial charge in [-0.05, 0) is 56.8 Å². The van der Waals surface area contributed by atoms with E-state index in [-0.39, 0.29) is 0 Å². The Morgan fingerprint density at radius 3 is 2.36 bits per heavy atom. The lowest BCUT2D eigenvalue weighted by molar-refractivity contribution is 0.199. The van der Waals surface area contributed by atoms with Crippen molar-refractivity contribution in [2.24, 2.45) is 0 Å². The zero-order chi connectivity index (χ0) is 15.8. The zero-order valence-corrected chi connectivity index (χ0v) is 14.5. The minimum Gasteiger partial charge on any atom is -0.492 e. The van der Waals surface area contributed by atoms with E-state index in [1.54, 1.807) is 0 Å². The van der Waals surface area contributed by atoms with Gasteiger partial charge in [0.25, 0.3) is 0 Å². The van der Waals surface area contributed by atoms with Crippen molar-refractivity contribution in [2.45, 2.75) is 52.9 Å². The first kappa shape index (κ1) is 17.1. The molecule has 0 spiro atoms. The van der Waals surface area contributed by atoms with Crippen molar-refractivity contribution in [2.75, 3.05) is 26.2 Å². The first-order chi connectivity index (χ1) is 10.8. The lowest BCUT2D eigenvalue weighted by Crippen LogP contribution is -2.27. The van der Waals surface area contributed by atoms with Gasteiger partial charge < -0.3 is 9.64 Å². The van der Waals surface area contributed by atoms with E-state index < -0.39 is 0 Å². The number of allylic oxidation sites excluding steroid dienone is 1. The second kappa shape index (κ2) is 8.99. The minimum atomic E-state index is 0.787. The average molecular weight is 301 g/mol. The van der Waals surface area contributed by atoms with Crippen LogP contribution in [0.4, 0.5) is 0 Å². The number of aryl methyl sites for hydroxylation is 1. The largest absolute Gasteiger partial charge is 0.492 e. The highest BCUT2D eigenvalue weighted by molar-refractivity contribution is 5.66. The maximum absolute atomic E-state index is 6.32. The molecule has 2 nitrogen and oxygen atoms in total. The Morgan fingerprint density at radius 2 is 1.73 bits per heavy atom. The van der Waals surface area contributed by atoms with Crippen molar-refractivity contribution in [1.29, 1.82) is 0 Å². The molecule has 1 saturated carbocycles. The number of nitrogens with zero attached hydrogens (tertiary/aromatic N) is 1. The summed E-state index contributed by atoms with van der Waals surface area (Å²) in [5.74, 6) is 1.17. The molecule has 122 valence electrons. The molecule has 22 heavy (non-hydrogen) atoms. The lowest BCUT2D eigenvalue weighted by atomic mass is 9.91. The second-order valence-corrected chi connectivity index (χ2v) is 6.18. The smallest absolute Gasteiger partial charge is 0.126 e. The Bertz CT molecular complexity index is 480. The van der Waals surface area contributed by atoms with Gasteiger partial charge >= 0.3 is 0 Å². The first-order valence-electron chi connectivity index (χ1n) is 8.89. The van der Waals surface area contributed by atoms with Crippen LogP contribution in [0.25, 0.3) is 5.76 Å². The highest BCUT2D eigenvalue weighted by atomic mass is 16.5. The van der Waals surface area contributed by atoms with Gasteiger partial charge in [-0.15, -0.1) is 0 Å². The molecule has 0 aromatic heterocycles. The molecule has 1 aliphatic carbocycles. The van der Waals surface area contributed by atoms with E-state index in [9.17, 15) is 0 Å². The number of benzene rings is 1. The maximum atomic E-state index is 6.32. The van der Waals surface area contributed by atoms with Crippen LogP contribution in [0.2, 0.25) is 0 Å². The lowest BCUT2D eigenvalue weighted by Gasteiger charge is -2.23. The number of rotatable bonds is 7. The molecular weight excluding hydrogens is 270 g/mol. The molecule has 0 unspecified atom stereocenters. The summed E-state index contributed by atoms with van der Waals surface area (Å²) in [5.41, 5.74) is 4.14. The summed E-state index contributed by atoms with van der Waals surface area (Å²) in [5, 5.41) is 0. The Balaban J connectivity index is 2.14. The van der Waals surface area contributed by atoms with E-state index >= 15 is 0 Å². The Labute approximate surface area is 136 Å². The van der Waals surface area contributed by atoms with Crippen molar-refractivity contribution in [3.8, 4) is 0 Å². The molecule has 1 aromatic rings. The van der Waals surface area contributed by atoms with Crippen LogP contribution in [-0.2, 0) is 4.74 Å². The molecule has 0 aliphatic heterocycles. The van der Waals surface area contributed by atoms with E-state index in [0.29, 0.717) is 0 Å². The molecule has 0 N–H and O–H groups in total. The highest BCUT2D eigenvalue weighted by Crippen LogP contribution is 2.32. The van der Waals surface area contributed by atoms with Crippen LogP contribution < -0.4 is 0 Å². The van der Waals surface area contributed by atoms with E-state index in [4.69, 9.17) is 4.74 Å². The fourth-order valence-electron chi connectivity index (χ4n) is 3.22. The summed E-state index contributed by atoms with van der Waals surface area (Å²) < 4.78 is 6.32. The number of ether oxygens (including phenoxy) is 1. The molecular formula is C20H31NO. The van der Waals surface area contributed by atoms with Crippen LogP contribution in [0, 0.1) is 6.92 Å². The van der Waals surface area contributed by atoms with Crippen LogP contribution >= 0.6 is 0 Å². The van der Waals surface area contributed by atoms with Gasteiger partial charge in [0, 0.05) is 12.1 Å². The minimum absolute atomic E-state index is 0.787. The summed E-state index contributed by atoms with van der Waals surface area (Å²) in [6.07, 6.45) is 6.39. The zero-order valence-electron chi connectivity index (χ0n) is 14.5. The van der Waals surface area contributed by atoms with Gasteiger partial charge in [0.05, 0.1) is 0 Å². The van der Waals surface area contributed by atoms with Crippen molar-refractivity contribution in [1.82, 2.24) is 4.90 Å². The predicted octanol–water partition coefficient (Wildman–Crippen LogP) is 5.03. The van der Waals surface area contributed by atoms with Crippen LogP contribution in [-0.4, -0.2) is 31.1 Å². The van der Waals surface area contributed by atoms with Crippen molar-refractivity contribution in [3.63, 3.8) is 0 Å². The van der Waals surface area contributed by atoms with Crippen LogP contribution in [0.15, 0.2) is 29.8 Å². The van der Waals surface area contributed by atoms with E-state index in [0.717, 1.165) is 26.2 Å². The molecule has 1 aromatic carbocycles. The van der Waals surface area contributed by atoms with Crippen molar-refractivity contribution < 1.29 is 4.74 Å². The third-order valence-electron chi connectivity index (χ3n) is 4.72. The van der Waals surface area contributed by atoms with Gasteiger partial charge in [0.2, 0.25) is 0 Å². The molecule has 0 bridgehead atoms. The van der Waals surface area contributed by atoms with Crippen molar-refractivity contribution >= 4 is 5.76 Å². The predicted molar refractivity (Wildman–Crippen MR) is 94.9 cm³/mol. The van der Waals surface area contributed by atoms with Crippen LogP contribution in [0.1, 0.15) is 57.1 Å². The molecule has 0 saturated heterocycles. The first-order valence-corrected chi connectivity index (χ1v) is 8.89. The normalized spacial score (nSPS) is 15.2. The van der Waals surface area contributed by atoms with Gasteiger partial charge in [-0.1, -0.05) is 44.5 Å². The molecule has 2 rings (SSSR count). The molecule has 0 atom stereocenters. The fourth-order valence-corrected chi connectivity index (χ4v) is 3.22. The number of hydrogen-bond acceptors (Lipinski definition) is 2. The summed E-state index contributed by atoms with van der Waals surface area (Å²) in [6.45, 7) is 10.6. The Morgan fingerprint density at radius 1 is 1.05 bits per heavy atom. The van der Waals surface area contributed by atoms with Gasteiger partial charge in [-0.3, -0.25) is 0 Å². The van der Waals surface area contributed by atoms with Crippen molar-refractivity contribution in [3.05, 3.63) is 41.0 Å². The third kappa shape index (κ3) is 4.61. The van der Waals surface area contributed by atoms with Crippen LogP contribution in [0.5, 0.6) is 0 Å². The van der Waals surface area contributed by atoms with Crippen LogP contribution in [0.3, 0.4) is 0 Å². The molecule has 1 fully saturated rings. The summed E-state index contributed by atoms with van der Waals surface area (Å²) in [6, 6.07) is 8.63. The SMILES string of the molecule is CCN(CC)CCOC(=C1CCCCC1)c1ccccc1C. The van der Waals surface area contributed by atoms with Gasteiger partial charge in [-0.2, -0.15) is 0 Å². The molecule has 1 aliphatic rings. The Kier molecular flexibility index (Phi) is 6.98. The third-order valence-corrected chi connectivity index (χ3v) is 4.72. The van der Waals surface area contributed by atoms with Gasteiger partial charge in [-0.25, -0.2) is 0 Å². The molecule has 0 radical (unpaired) electrons. The van der Waals surface area contributed by atoms with E-state index in [2.05, 4.69) is 49.9 Å². The topological polar surface area (TPSA) is 12.5 Å². The Hall–Kier alpha value is -1.28. The monoisotopic (exact) mass is 301 g/mol. The average Bonchev–Trinajstić information content (AvgIpc) is 2.57. The van der Waals surface area contributed by atoms with E-state index in [1.807, 2.05) is 0 Å². The summed E-state index contributed by atoms with van der Waals surface area (Å²) >= 11 is 0. The standard InChI is InChI=1S/C20H31NO/c1-4-21(5-2)15-16-22-20(18-12-7-6-8-13-18)19-14-10-9-11-17(19)3/h9-11,14H,4-8,12-13,15-16H2,1-3H3. The quantitative estimate of drug-likeness (QED) is 0.655. The van der Waals surface area contributed by atoms with Gasteiger partial charge in [0.15, 0.2) is 0 Å². The molecule has 2 heteroatoms. The molecule has 0 amide bonds. The number of hydrogen-bond donors (Lipinski definition) is 0.